The van der Waals surface area contributed by atoms with Gasteiger partial charge in [-0.1, -0.05) is 24.3 Å². The molecule has 82 valence electrons. The van der Waals surface area contributed by atoms with Crippen LogP contribution in [0, 0.1) is 0 Å². The fourth-order valence-corrected chi connectivity index (χ4v) is 1.65. The van der Waals surface area contributed by atoms with Gasteiger partial charge in [-0.2, -0.15) is 0 Å². The fourth-order valence-electron chi connectivity index (χ4n) is 1.65. The van der Waals surface area contributed by atoms with Crippen molar-refractivity contribution in [3.05, 3.63) is 59.7 Å². The van der Waals surface area contributed by atoms with Crippen molar-refractivity contribution in [2.45, 2.75) is 6.42 Å². The summed E-state index contributed by atoms with van der Waals surface area (Å²) in [6.07, 6.45) is 0.900. The van der Waals surface area contributed by atoms with Gasteiger partial charge in [0.15, 0.2) is 0 Å². The molecule has 0 fully saturated rings. The van der Waals surface area contributed by atoms with E-state index in [1.165, 1.54) is 11.1 Å². The quantitative estimate of drug-likeness (QED) is 0.796. The second-order valence-corrected chi connectivity index (χ2v) is 3.77. The van der Waals surface area contributed by atoms with Gasteiger partial charge in [-0.3, -0.25) is 0 Å². The molecule has 0 saturated carbocycles. The van der Waals surface area contributed by atoms with Gasteiger partial charge in [-0.25, -0.2) is 0 Å². The lowest BCUT2D eigenvalue weighted by Gasteiger charge is -2.05. The van der Waals surface area contributed by atoms with Gasteiger partial charge in [0.25, 0.3) is 0 Å². The molecule has 0 unspecified atom stereocenters. The number of ether oxygens (including phenoxy) is 1. The van der Waals surface area contributed by atoms with E-state index in [0.717, 1.165) is 17.9 Å². The number of methoxy groups -OCH3 is 1. The van der Waals surface area contributed by atoms with Crippen molar-refractivity contribution in [2.24, 2.45) is 0 Å². The van der Waals surface area contributed by atoms with E-state index < -0.39 is 0 Å². The van der Waals surface area contributed by atoms with E-state index in [2.05, 4.69) is 24.3 Å². The molecule has 2 aromatic carbocycles. The molecule has 2 N–H and O–H groups in total. The van der Waals surface area contributed by atoms with E-state index in [-0.39, 0.29) is 0 Å². The Kier molecular flexibility index (Phi) is 3.10. The Balaban J connectivity index is 2.16. The number of anilines is 1. The highest BCUT2D eigenvalue weighted by molar-refractivity contribution is 5.41. The van der Waals surface area contributed by atoms with Gasteiger partial charge in [0.05, 0.1) is 7.11 Å². The number of hydrogen-bond acceptors (Lipinski definition) is 2. The van der Waals surface area contributed by atoms with Crippen LogP contribution in [0.25, 0.3) is 0 Å². The zero-order valence-corrected chi connectivity index (χ0v) is 9.31. The van der Waals surface area contributed by atoms with Gasteiger partial charge in [0.2, 0.25) is 0 Å². The lowest BCUT2D eigenvalue weighted by Crippen LogP contribution is -1.91. The molecule has 2 aromatic rings. The van der Waals surface area contributed by atoms with Crippen LogP contribution >= 0.6 is 0 Å². The monoisotopic (exact) mass is 213 g/mol. The Morgan fingerprint density at radius 2 is 1.75 bits per heavy atom. The molecular weight excluding hydrogens is 198 g/mol. The van der Waals surface area contributed by atoms with Crippen LogP contribution in [0.4, 0.5) is 5.69 Å². The average Bonchev–Trinajstić information content (AvgIpc) is 2.32. The van der Waals surface area contributed by atoms with Crippen LogP contribution in [0.3, 0.4) is 0 Å². The third-order valence-corrected chi connectivity index (χ3v) is 2.52. The molecule has 0 aliphatic rings. The number of hydrogen-bond donors (Lipinski definition) is 1. The van der Waals surface area contributed by atoms with Crippen LogP contribution in [0.1, 0.15) is 11.1 Å². The van der Waals surface area contributed by atoms with Crippen LogP contribution < -0.4 is 10.5 Å². The predicted molar refractivity (Wildman–Crippen MR) is 66.7 cm³/mol. The van der Waals surface area contributed by atoms with Crippen LogP contribution in [0.5, 0.6) is 5.75 Å². The lowest BCUT2D eigenvalue weighted by molar-refractivity contribution is 0.414. The molecule has 0 spiro atoms. The molecule has 0 heterocycles. The van der Waals surface area contributed by atoms with Crippen molar-refractivity contribution in [3.8, 4) is 5.75 Å². The minimum absolute atomic E-state index is 0.800. The molecule has 0 aromatic heterocycles. The van der Waals surface area contributed by atoms with Crippen LogP contribution in [0.2, 0.25) is 0 Å². The molecule has 16 heavy (non-hydrogen) atoms. The minimum Gasteiger partial charge on any atom is -0.497 e. The normalized spacial score (nSPS) is 10.1. The number of nitrogens with two attached hydrogens (primary N) is 1. The molecule has 0 saturated heterocycles. The largest absolute Gasteiger partial charge is 0.497 e. The third kappa shape index (κ3) is 2.54. The van der Waals surface area contributed by atoms with E-state index in [9.17, 15) is 0 Å². The Morgan fingerprint density at radius 3 is 2.44 bits per heavy atom. The highest BCUT2D eigenvalue weighted by atomic mass is 16.5. The maximum absolute atomic E-state index is 5.65. The van der Waals surface area contributed by atoms with Gasteiger partial charge in [0.1, 0.15) is 5.75 Å². The predicted octanol–water partition coefficient (Wildman–Crippen LogP) is 2.87. The summed E-state index contributed by atoms with van der Waals surface area (Å²) in [5.41, 5.74) is 8.94. The SMILES string of the molecule is COc1cccc(Cc2ccc(N)cc2)c1. The van der Waals surface area contributed by atoms with Gasteiger partial charge < -0.3 is 10.5 Å². The van der Waals surface area contributed by atoms with E-state index >= 15 is 0 Å². The Morgan fingerprint density at radius 1 is 1.00 bits per heavy atom. The first-order valence-electron chi connectivity index (χ1n) is 5.25. The van der Waals surface area contributed by atoms with Crippen LogP contribution in [0.15, 0.2) is 48.5 Å². The van der Waals surface area contributed by atoms with Crippen molar-refractivity contribution >= 4 is 5.69 Å². The van der Waals surface area contributed by atoms with Gasteiger partial charge in [0, 0.05) is 5.69 Å². The van der Waals surface area contributed by atoms with Crippen LogP contribution in [-0.4, -0.2) is 7.11 Å². The second-order valence-electron chi connectivity index (χ2n) is 3.77. The Labute approximate surface area is 95.7 Å². The zero-order chi connectivity index (χ0) is 11.4. The summed E-state index contributed by atoms with van der Waals surface area (Å²) in [6.45, 7) is 0. The number of rotatable bonds is 3. The molecule has 0 aliphatic heterocycles. The highest BCUT2D eigenvalue weighted by Crippen LogP contribution is 2.16. The van der Waals surface area contributed by atoms with Crippen molar-refractivity contribution in [1.29, 1.82) is 0 Å². The van der Waals surface area contributed by atoms with Crippen molar-refractivity contribution in [3.63, 3.8) is 0 Å². The van der Waals surface area contributed by atoms with Crippen molar-refractivity contribution < 1.29 is 4.74 Å². The summed E-state index contributed by atoms with van der Waals surface area (Å²) in [7, 11) is 1.68. The highest BCUT2D eigenvalue weighted by Gasteiger charge is 1.98. The van der Waals surface area contributed by atoms with E-state index in [1.807, 2.05) is 24.3 Å². The first-order valence-corrected chi connectivity index (χ1v) is 5.25. The summed E-state index contributed by atoms with van der Waals surface area (Å²) in [4.78, 5) is 0. The van der Waals surface area contributed by atoms with Gasteiger partial charge >= 0.3 is 0 Å². The Bertz CT molecular complexity index is 462. The lowest BCUT2D eigenvalue weighted by atomic mass is 10.0. The summed E-state index contributed by atoms with van der Waals surface area (Å²) < 4.78 is 5.19. The van der Waals surface area contributed by atoms with Gasteiger partial charge in [-0.05, 0) is 41.8 Å². The summed E-state index contributed by atoms with van der Waals surface area (Å²) in [5.74, 6) is 0.896. The molecule has 0 radical (unpaired) electrons. The fraction of sp³-hybridized carbons (Fsp3) is 0.143. The third-order valence-electron chi connectivity index (χ3n) is 2.52. The molecule has 0 atom stereocenters. The van der Waals surface area contributed by atoms with Gasteiger partial charge in [-0.15, -0.1) is 0 Å². The maximum Gasteiger partial charge on any atom is 0.119 e. The maximum atomic E-state index is 5.65. The van der Waals surface area contributed by atoms with Crippen molar-refractivity contribution in [1.82, 2.24) is 0 Å². The summed E-state index contributed by atoms with van der Waals surface area (Å²) >= 11 is 0. The summed E-state index contributed by atoms with van der Waals surface area (Å²) in [5, 5.41) is 0. The minimum atomic E-state index is 0.800. The first-order chi connectivity index (χ1) is 7.78. The first kappa shape index (κ1) is 10.6. The van der Waals surface area contributed by atoms with Crippen molar-refractivity contribution in [2.75, 3.05) is 12.8 Å². The van der Waals surface area contributed by atoms with Crippen LogP contribution in [-0.2, 0) is 6.42 Å². The molecule has 0 bridgehead atoms. The Hall–Kier alpha value is -1.96. The topological polar surface area (TPSA) is 35.2 Å². The second kappa shape index (κ2) is 4.71. The molecule has 2 heteroatoms. The average molecular weight is 213 g/mol. The number of benzene rings is 2. The standard InChI is InChI=1S/C14H15NO/c1-16-14-4-2-3-12(10-14)9-11-5-7-13(15)8-6-11/h2-8,10H,9,15H2,1H3. The smallest absolute Gasteiger partial charge is 0.119 e. The molecule has 2 nitrogen and oxygen atoms in total. The molecule has 0 amide bonds. The molecule has 0 aliphatic carbocycles. The van der Waals surface area contributed by atoms with E-state index in [0.29, 0.717) is 0 Å². The zero-order valence-electron chi connectivity index (χ0n) is 9.31. The molecule has 2 rings (SSSR count). The van der Waals surface area contributed by atoms with E-state index in [1.54, 1.807) is 7.11 Å². The van der Waals surface area contributed by atoms with E-state index in [4.69, 9.17) is 10.5 Å². The summed E-state index contributed by atoms with van der Waals surface area (Å²) in [6, 6.07) is 16.1. The molecular formula is C14H15NO. The number of nitrogen functional groups attached to an aromatic ring is 1.